The Hall–Kier alpha value is -1.62. The van der Waals surface area contributed by atoms with E-state index in [-0.39, 0.29) is 16.1 Å². The molecule has 1 aromatic carbocycles. The maximum absolute atomic E-state index is 11.1. The molecule has 0 saturated carbocycles. The number of nitro benzene ring substituents is 1. The molecular weight excluding hydrogens is 254 g/mol. The molecule has 1 N–H and O–H groups in total. The molecule has 0 radical (unpaired) electrons. The quantitative estimate of drug-likeness (QED) is 0.665. The first kappa shape index (κ1) is 13.4. The van der Waals surface area contributed by atoms with E-state index in [0.717, 1.165) is 30.9 Å². The van der Waals surface area contributed by atoms with Gasteiger partial charge in [0.2, 0.25) is 0 Å². The van der Waals surface area contributed by atoms with Crippen molar-refractivity contribution >= 4 is 11.4 Å². The van der Waals surface area contributed by atoms with Crippen molar-refractivity contribution in [2.45, 2.75) is 26.3 Å². The Morgan fingerprint density at radius 3 is 2.80 bits per heavy atom. The number of anilines is 1. The van der Waals surface area contributed by atoms with Crippen LogP contribution in [0, 0.1) is 28.9 Å². The van der Waals surface area contributed by atoms with Crippen LogP contribution in [0.1, 0.15) is 19.4 Å². The zero-order chi connectivity index (χ0) is 14.5. The second-order valence-electron chi connectivity index (χ2n) is 6.52. The van der Waals surface area contributed by atoms with E-state index >= 15 is 0 Å². The molecule has 1 aromatic rings. The summed E-state index contributed by atoms with van der Waals surface area (Å²) in [4.78, 5) is 13.2. The standard InChI is InChI=1S/C15H21N3O2/c1-10-4-5-12(6-14(10)18(19)20)17-9-11-7-16-8-13(11)15(17,2)3/h4-6,11,13,16H,7-9H2,1-3H3. The Morgan fingerprint density at radius 2 is 2.15 bits per heavy atom. The van der Waals surface area contributed by atoms with Gasteiger partial charge in [0, 0.05) is 42.5 Å². The fourth-order valence-corrected chi connectivity index (χ4v) is 3.82. The molecule has 2 unspecified atom stereocenters. The van der Waals surface area contributed by atoms with E-state index in [1.807, 2.05) is 12.1 Å². The third-order valence-electron chi connectivity index (χ3n) is 5.06. The number of fused-ring (bicyclic) bond motifs is 1. The summed E-state index contributed by atoms with van der Waals surface area (Å²) in [6.45, 7) is 9.36. The zero-order valence-electron chi connectivity index (χ0n) is 12.2. The van der Waals surface area contributed by atoms with Crippen molar-refractivity contribution in [1.29, 1.82) is 0 Å². The summed E-state index contributed by atoms with van der Waals surface area (Å²) in [5.74, 6) is 1.26. The van der Waals surface area contributed by atoms with Crippen LogP contribution in [0.25, 0.3) is 0 Å². The summed E-state index contributed by atoms with van der Waals surface area (Å²) in [5.41, 5.74) is 1.95. The average molecular weight is 275 g/mol. The summed E-state index contributed by atoms with van der Waals surface area (Å²) in [6.07, 6.45) is 0. The second kappa shape index (κ2) is 4.45. The van der Waals surface area contributed by atoms with Gasteiger partial charge in [0.15, 0.2) is 0 Å². The summed E-state index contributed by atoms with van der Waals surface area (Å²) in [6, 6.07) is 5.60. The Bertz CT molecular complexity index is 556. The van der Waals surface area contributed by atoms with E-state index < -0.39 is 0 Å². The molecule has 5 nitrogen and oxygen atoms in total. The van der Waals surface area contributed by atoms with E-state index in [4.69, 9.17) is 0 Å². The lowest BCUT2D eigenvalue weighted by Crippen LogP contribution is -2.44. The van der Waals surface area contributed by atoms with Crippen molar-refractivity contribution < 1.29 is 4.92 Å². The number of nitro groups is 1. The lowest BCUT2D eigenvalue weighted by molar-refractivity contribution is -0.385. The van der Waals surface area contributed by atoms with Crippen LogP contribution in [-0.2, 0) is 0 Å². The Kier molecular flexibility index (Phi) is 2.97. The minimum Gasteiger partial charge on any atom is -0.366 e. The van der Waals surface area contributed by atoms with E-state index in [1.165, 1.54) is 0 Å². The topological polar surface area (TPSA) is 58.4 Å². The van der Waals surface area contributed by atoms with Gasteiger partial charge < -0.3 is 10.2 Å². The highest BCUT2D eigenvalue weighted by molar-refractivity contribution is 5.59. The van der Waals surface area contributed by atoms with Crippen LogP contribution in [0.3, 0.4) is 0 Å². The highest BCUT2D eigenvalue weighted by atomic mass is 16.6. The number of hydrogen-bond donors (Lipinski definition) is 1. The third kappa shape index (κ3) is 1.88. The van der Waals surface area contributed by atoms with Crippen LogP contribution in [-0.4, -0.2) is 30.1 Å². The van der Waals surface area contributed by atoms with Crippen LogP contribution >= 0.6 is 0 Å². The molecule has 2 aliphatic rings. The van der Waals surface area contributed by atoms with Crippen molar-refractivity contribution in [1.82, 2.24) is 5.32 Å². The minimum atomic E-state index is -0.287. The van der Waals surface area contributed by atoms with Gasteiger partial charge in [0.05, 0.1) is 4.92 Å². The van der Waals surface area contributed by atoms with Gasteiger partial charge in [-0.1, -0.05) is 6.07 Å². The molecule has 0 amide bonds. The van der Waals surface area contributed by atoms with E-state index in [0.29, 0.717) is 11.8 Å². The normalized spacial score (nSPS) is 27.6. The molecule has 2 aliphatic heterocycles. The van der Waals surface area contributed by atoms with Crippen LogP contribution in [0.5, 0.6) is 0 Å². The van der Waals surface area contributed by atoms with Crippen molar-refractivity contribution in [2.75, 3.05) is 24.5 Å². The molecule has 2 fully saturated rings. The number of rotatable bonds is 2. The summed E-state index contributed by atoms with van der Waals surface area (Å²) in [7, 11) is 0. The van der Waals surface area contributed by atoms with Gasteiger partial charge in [-0.2, -0.15) is 0 Å². The molecule has 20 heavy (non-hydrogen) atoms. The Labute approximate surface area is 119 Å². The zero-order valence-corrected chi connectivity index (χ0v) is 12.2. The van der Waals surface area contributed by atoms with Crippen molar-refractivity contribution in [3.05, 3.63) is 33.9 Å². The van der Waals surface area contributed by atoms with Crippen molar-refractivity contribution in [3.63, 3.8) is 0 Å². The fourth-order valence-electron chi connectivity index (χ4n) is 3.82. The molecule has 2 atom stereocenters. The molecule has 0 aliphatic carbocycles. The predicted molar refractivity (Wildman–Crippen MR) is 79.1 cm³/mol. The monoisotopic (exact) mass is 275 g/mol. The van der Waals surface area contributed by atoms with Crippen LogP contribution < -0.4 is 10.2 Å². The molecule has 108 valence electrons. The lowest BCUT2D eigenvalue weighted by Gasteiger charge is -2.37. The summed E-state index contributed by atoms with van der Waals surface area (Å²) < 4.78 is 0. The molecule has 2 heterocycles. The largest absolute Gasteiger partial charge is 0.366 e. The number of benzene rings is 1. The highest BCUT2D eigenvalue weighted by Crippen LogP contribution is 2.43. The van der Waals surface area contributed by atoms with E-state index in [1.54, 1.807) is 13.0 Å². The van der Waals surface area contributed by atoms with Gasteiger partial charge in [-0.25, -0.2) is 0 Å². The number of nitrogens with one attached hydrogen (secondary N) is 1. The predicted octanol–water partition coefficient (Wildman–Crippen LogP) is 2.34. The average Bonchev–Trinajstić information content (AvgIpc) is 2.93. The summed E-state index contributed by atoms with van der Waals surface area (Å²) in [5, 5.41) is 14.6. The minimum absolute atomic E-state index is 0.0390. The van der Waals surface area contributed by atoms with Gasteiger partial charge in [0.25, 0.3) is 5.69 Å². The number of nitrogens with zero attached hydrogens (tertiary/aromatic N) is 2. The SMILES string of the molecule is Cc1ccc(N2CC3CNCC3C2(C)C)cc1[N+](=O)[O-]. The maximum atomic E-state index is 11.1. The van der Waals surface area contributed by atoms with Crippen LogP contribution in [0.2, 0.25) is 0 Å². The lowest BCUT2D eigenvalue weighted by atomic mass is 9.84. The molecule has 3 rings (SSSR count). The van der Waals surface area contributed by atoms with E-state index in [2.05, 4.69) is 24.1 Å². The number of hydrogen-bond acceptors (Lipinski definition) is 4. The van der Waals surface area contributed by atoms with Crippen molar-refractivity contribution in [2.24, 2.45) is 11.8 Å². The molecule has 0 spiro atoms. The Balaban J connectivity index is 1.97. The smallest absolute Gasteiger partial charge is 0.274 e. The van der Waals surface area contributed by atoms with Crippen molar-refractivity contribution in [3.8, 4) is 0 Å². The third-order valence-corrected chi connectivity index (χ3v) is 5.06. The first-order chi connectivity index (χ1) is 9.41. The first-order valence-electron chi connectivity index (χ1n) is 7.14. The molecule has 5 heteroatoms. The maximum Gasteiger partial charge on any atom is 0.274 e. The van der Waals surface area contributed by atoms with Gasteiger partial charge in [0.1, 0.15) is 0 Å². The van der Waals surface area contributed by atoms with Crippen LogP contribution in [0.4, 0.5) is 11.4 Å². The molecule has 0 bridgehead atoms. The summed E-state index contributed by atoms with van der Waals surface area (Å²) >= 11 is 0. The van der Waals surface area contributed by atoms with Gasteiger partial charge in [-0.05, 0) is 38.7 Å². The highest BCUT2D eigenvalue weighted by Gasteiger charge is 2.49. The van der Waals surface area contributed by atoms with E-state index in [9.17, 15) is 10.1 Å². The molecule has 2 saturated heterocycles. The van der Waals surface area contributed by atoms with Gasteiger partial charge in [-0.3, -0.25) is 10.1 Å². The number of aryl methyl sites for hydroxylation is 1. The molecule has 0 aromatic heterocycles. The van der Waals surface area contributed by atoms with Crippen LogP contribution in [0.15, 0.2) is 18.2 Å². The van der Waals surface area contributed by atoms with Gasteiger partial charge in [-0.15, -0.1) is 0 Å². The second-order valence-corrected chi connectivity index (χ2v) is 6.52. The fraction of sp³-hybridized carbons (Fsp3) is 0.600. The molecular formula is C15H21N3O2. The first-order valence-corrected chi connectivity index (χ1v) is 7.14. The van der Waals surface area contributed by atoms with Gasteiger partial charge >= 0.3 is 0 Å². The Morgan fingerprint density at radius 1 is 1.40 bits per heavy atom.